The van der Waals surface area contributed by atoms with E-state index in [9.17, 15) is 0 Å². The fourth-order valence-electron chi connectivity index (χ4n) is 2.40. The molecule has 0 amide bonds. The Morgan fingerprint density at radius 2 is 1.68 bits per heavy atom. The van der Waals surface area contributed by atoms with Crippen LogP contribution in [0.5, 0.6) is 0 Å². The molecular formula is C17H30N2. The van der Waals surface area contributed by atoms with Crippen LogP contribution in [0.1, 0.15) is 53.0 Å². The molecule has 108 valence electrons. The van der Waals surface area contributed by atoms with Crippen LogP contribution < -0.4 is 10.2 Å². The van der Waals surface area contributed by atoms with E-state index in [1.165, 1.54) is 24.1 Å². The van der Waals surface area contributed by atoms with Gasteiger partial charge in [0.2, 0.25) is 0 Å². The number of nitrogens with zero attached hydrogens (tertiary/aromatic N) is 1. The van der Waals surface area contributed by atoms with Crippen molar-refractivity contribution in [2.75, 3.05) is 11.9 Å². The molecule has 2 heteroatoms. The largest absolute Gasteiger partial charge is 0.371 e. The van der Waals surface area contributed by atoms with Crippen molar-refractivity contribution in [1.82, 2.24) is 5.32 Å². The molecule has 0 saturated heterocycles. The van der Waals surface area contributed by atoms with Gasteiger partial charge in [-0.15, -0.1) is 0 Å². The summed E-state index contributed by atoms with van der Waals surface area (Å²) >= 11 is 0. The minimum Gasteiger partial charge on any atom is -0.371 e. The molecule has 0 radical (unpaired) electrons. The van der Waals surface area contributed by atoms with Gasteiger partial charge in [0.05, 0.1) is 0 Å². The highest BCUT2D eigenvalue weighted by Gasteiger charge is 2.15. The number of anilines is 1. The van der Waals surface area contributed by atoms with Gasteiger partial charge in [-0.2, -0.15) is 0 Å². The van der Waals surface area contributed by atoms with Crippen molar-refractivity contribution in [3.8, 4) is 0 Å². The fraction of sp³-hybridized carbons (Fsp3) is 0.647. The van der Waals surface area contributed by atoms with Crippen LogP contribution in [0, 0.1) is 0 Å². The van der Waals surface area contributed by atoms with Crippen LogP contribution >= 0.6 is 0 Å². The number of benzene rings is 1. The summed E-state index contributed by atoms with van der Waals surface area (Å²) in [6.45, 7) is 12.1. The fourth-order valence-corrected chi connectivity index (χ4v) is 2.40. The molecular weight excluding hydrogens is 232 g/mol. The van der Waals surface area contributed by atoms with Crippen LogP contribution in [0.2, 0.25) is 0 Å². The van der Waals surface area contributed by atoms with E-state index in [0.717, 1.165) is 6.54 Å². The van der Waals surface area contributed by atoms with Gasteiger partial charge in [0.25, 0.3) is 0 Å². The second-order valence-electron chi connectivity index (χ2n) is 6.31. The van der Waals surface area contributed by atoms with Crippen molar-refractivity contribution in [3.63, 3.8) is 0 Å². The highest BCUT2D eigenvalue weighted by molar-refractivity contribution is 5.53. The van der Waals surface area contributed by atoms with Gasteiger partial charge in [-0.05, 0) is 45.2 Å². The summed E-state index contributed by atoms with van der Waals surface area (Å²) in [5.41, 5.74) is 2.89. The molecule has 0 aliphatic heterocycles. The van der Waals surface area contributed by atoms with Crippen molar-refractivity contribution in [2.45, 2.75) is 65.6 Å². The van der Waals surface area contributed by atoms with Crippen molar-refractivity contribution in [3.05, 3.63) is 29.8 Å². The molecule has 19 heavy (non-hydrogen) atoms. The third-order valence-corrected chi connectivity index (χ3v) is 3.67. The zero-order valence-corrected chi connectivity index (χ0v) is 13.5. The third kappa shape index (κ3) is 4.87. The second-order valence-corrected chi connectivity index (χ2v) is 6.31. The maximum Gasteiger partial charge on any atom is 0.0411 e. The van der Waals surface area contributed by atoms with E-state index in [4.69, 9.17) is 0 Å². The van der Waals surface area contributed by atoms with E-state index >= 15 is 0 Å². The molecule has 1 N–H and O–H groups in total. The highest BCUT2D eigenvalue weighted by Crippen LogP contribution is 2.23. The summed E-state index contributed by atoms with van der Waals surface area (Å²) in [4.78, 5) is 2.43. The summed E-state index contributed by atoms with van der Waals surface area (Å²) < 4.78 is 0. The number of nitrogens with one attached hydrogen (secondary N) is 1. The van der Waals surface area contributed by atoms with Crippen molar-refractivity contribution in [1.29, 1.82) is 0 Å². The molecule has 2 nitrogen and oxygen atoms in total. The molecule has 0 fully saturated rings. The standard InChI is InChI=1S/C17H30N2/c1-7-15(8-2)19(6)16-12-10-9-11-14(16)13-18-17(3,4)5/h9-12,15,18H,7-8,13H2,1-6H3. The van der Waals surface area contributed by atoms with Crippen molar-refractivity contribution in [2.24, 2.45) is 0 Å². The van der Waals surface area contributed by atoms with E-state index in [-0.39, 0.29) is 5.54 Å². The summed E-state index contributed by atoms with van der Waals surface area (Å²) in [6.07, 6.45) is 2.38. The monoisotopic (exact) mass is 262 g/mol. The Bertz CT molecular complexity index is 375. The SMILES string of the molecule is CCC(CC)N(C)c1ccccc1CNC(C)(C)C. The van der Waals surface area contributed by atoms with Crippen LogP contribution in [0.25, 0.3) is 0 Å². The number of para-hydroxylation sites is 1. The Labute approximate surface area is 119 Å². The minimum atomic E-state index is 0.153. The number of hydrogen-bond acceptors (Lipinski definition) is 2. The molecule has 1 aromatic rings. The zero-order valence-electron chi connectivity index (χ0n) is 13.5. The van der Waals surface area contributed by atoms with E-state index in [1.54, 1.807) is 0 Å². The topological polar surface area (TPSA) is 15.3 Å². The lowest BCUT2D eigenvalue weighted by atomic mass is 10.1. The normalized spacial score (nSPS) is 11.9. The molecule has 0 aromatic heterocycles. The van der Waals surface area contributed by atoms with Crippen molar-refractivity contribution < 1.29 is 0 Å². The summed E-state index contributed by atoms with van der Waals surface area (Å²) in [5.74, 6) is 0. The molecule has 0 unspecified atom stereocenters. The van der Waals surface area contributed by atoms with E-state index in [2.05, 4.69) is 76.1 Å². The van der Waals surface area contributed by atoms with E-state index in [1.807, 2.05) is 0 Å². The molecule has 0 atom stereocenters. The van der Waals surface area contributed by atoms with Gasteiger partial charge in [0, 0.05) is 30.9 Å². The molecule has 0 bridgehead atoms. The van der Waals surface area contributed by atoms with Gasteiger partial charge in [-0.1, -0.05) is 32.0 Å². The first-order chi connectivity index (χ1) is 8.89. The van der Waals surface area contributed by atoms with Crippen molar-refractivity contribution >= 4 is 5.69 Å². The number of hydrogen-bond donors (Lipinski definition) is 1. The zero-order chi connectivity index (χ0) is 14.5. The van der Waals surface area contributed by atoms with Gasteiger partial charge in [0.1, 0.15) is 0 Å². The smallest absolute Gasteiger partial charge is 0.0411 e. The summed E-state index contributed by atoms with van der Waals surface area (Å²) in [6, 6.07) is 9.35. The predicted molar refractivity (Wildman–Crippen MR) is 85.8 cm³/mol. The van der Waals surface area contributed by atoms with E-state index < -0.39 is 0 Å². The predicted octanol–water partition coefficient (Wildman–Crippen LogP) is 4.20. The van der Waals surface area contributed by atoms with Crippen LogP contribution in [0.3, 0.4) is 0 Å². The summed E-state index contributed by atoms with van der Waals surface area (Å²) in [7, 11) is 2.22. The van der Waals surface area contributed by atoms with Gasteiger partial charge >= 0.3 is 0 Å². The molecule has 0 aliphatic carbocycles. The average Bonchev–Trinajstić information content (AvgIpc) is 2.37. The Balaban J connectivity index is 2.89. The van der Waals surface area contributed by atoms with Gasteiger partial charge in [-0.25, -0.2) is 0 Å². The molecule has 1 rings (SSSR count). The van der Waals surface area contributed by atoms with E-state index in [0.29, 0.717) is 6.04 Å². The van der Waals surface area contributed by atoms with Crippen LogP contribution in [-0.2, 0) is 6.54 Å². The maximum atomic E-state index is 3.58. The lowest BCUT2D eigenvalue weighted by molar-refractivity contribution is 0.424. The molecule has 0 saturated carbocycles. The molecule has 0 aliphatic rings. The number of rotatable bonds is 6. The average molecular weight is 262 g/mol. The molecule has 1 aromatic carbocycles. The first-order valence-corrected chi connectivity index (χ1v) is 7.44. The second kappa shape index (κ2) is 6.95. The van der Waals surface area contributed by atoms with Gasteiger partial charge in [-0.3, -0.25) is 0 Å². The summed E-state index contributed by atoms with van der Waals surface area (Å²) in [5, 5.41) is 3.58. The molecule has 0 heterocycles. The minimum absolute atomic E-state index is 0.153. The molecule has 0 spiro atoms. The van der Waals surface area contributed by atoms with Crippen LogP contribution in [0.15, 0.2) is 24.3 Å². The lowest BCUT2D eigenvalue weighted by Crippen LogP contribution is -2.36. The third-order valence-electron chi connectivity index (χ3n) is 3.67. The Kier molecular flexibility index (Phi) is 5.86. The van der Waals surface area contributed by atoms with Crippen LogP contribution in [-0.4, -0.2) is 18.6 Å². The maximum absolute atomic E-state index is 3.58. The van der Waals surface area contributed by atoms with Crippen LogP contribution in [0.4, 0.5) is 5.69 Å². The van der Waals surface area contributed by atoms with Gasteiger partial charge in [0.15, 0.2) is 0 Å². The lowest BCUT2D eigenvalue weighted by Gasteiger charge is -2.31. The first-order valence-electron chi connectivity index (χ1n) is 7.44. The van der Waals surface area contributed by atoms with Gasteiger partial charge < -0.3 is 10.2 Å². The quantitative estimate of drug-likeness (QED) is 0.826. The Morgan fingerprint density at radius 3 is 2.21 bits per heavy atom. The highest BCUT2D eigenvalue weighted by atomic mass is 15.1. The first kappa shape index (κ1) is 16.0. The Hall–Kier alpha value is -1.02. The Morgan fingerprint density at radius 1 is 1.11 bits per heavy atom.